The summed E-state index contributed by atoms with van der Waals surface area (Å²) < 4.78 is 13.2. The molecule has 0 saturated heterocycles. The van der Waals surface area contributed by atoms with Crippen molar-refractivity contribution in [3.63, 3.8) is 0 Å². The molecule has 0 N–H and O–H groups in total. The summed E-state index contributed by atoms with van der Waals surface area (Å²) in [6, 6.07) is 7.10. The standard InChI is InChI=1S/C20H20N4O4/c1-11-16(13(3)27-21-11)9-23-18-8-6-5-7-15(18)19(25)24(20(23)26)10-17-12(2)22-28-14(17)4/h5-8H,9-10H2,1-4H3. The highest BCUT2D eigenvalue weighted by Gasteiger charge is 2.19. The van der Waals surface area contributed by atoms with Crippen molar-refractivity contribution in [3.8, 4) is 0 Å². The molecule has 1 aromatic carbocycles. The maximum Gasteiger partial charge on any atom is 0.332 e. The minimum atomic E-state index is -0.399. The van der Waals surface area contributed by atoms with Gasteiger partial charge in [-0.15, -0.1) is 0 Å². The van der Waals surface area contributed by atoms with Gasteiger partial charge in [0.2, 0.25) is 0 Å². The molecule has 0 atom stereocenters. The van der Waals surface area contributed by atoms with Crippen molar-refractivity contribution in [2.45, 2.75) is 40.8 Å². The number of rotatable bonds is 4. The van der Waals surface area contributed by atoms with E-state index in [1.165, 1.54) is 4.57 Å². The number of hydrogen-bond donors (Lipinski definition) is 0. The van der Waals surface area contributed by atoms with E-state index in [0.29, 0.717) is 28.1 Å². The molecule has 0 fully saturated rings. The van der Waals surface area contributed by atoms with Gasteiger partial charge in [0.05, 0.1) is 35.4 Å². The van der Waals surface area contributed by atoms with Crippen LogP contribution in [0.3, 0.4) is 0 Å². The van der Waals surface area contributed by atoms with Crippen LogP contribution in [0.2, 0.25) is 0 Å². The molecule has 144 valence electrons. The molecule has 0 bridgehead atoms. The lowest BCUT2D eigenvalue weighted by molar-refractivity contribution is 0.391. The molecular formula is C20H20N4O4. The maximum atomic E-state index is 13.3. The van der Waals surface area contributed by atoms with Gasteiger partial charge < -0.3 is 9.05 Å². The second-order valence-electron chi connectivity index (χ2n) is 6.88. The van der Waals surface area contributed by atoms with Crippen LogP contribution in [0, 0.1) is 27.7 Å². The van der Waals surface area contributed by atoms with Gasteiger partial charge in [-0.25, -0.2) is 4.79 Å². The zero-order valence-corrected chi connectivity index (χ0v) is 16.1. The van der Waals surface area contributed by atoms with Crippen LogP contribution in [0.1, 0.15) is 34.0 Å². The molecule has 3 aromatic heterocycles. The van der Waals surface area contributed by atoms with Crippen LogP contribution in [0.4, 0.5) is 0 Å². The highest BCUT2D eigenvalue weighted by molar-refractivity contribution is 5.78. The number of fused-ring (bicyclic) bond motifs is 1. The van der Waals surface area contributed by atoms with E-state index < -0.39 is 5.69 Å². The Hall–Kier alpha value is -3.42. The zero-order chi connectivity index (χ0) is 20.0. The fourth-order valence-corrected chi connectivity index (χ4v) is 3.43. The molecule has 0 aliphatic heterocycles. The average Bonchev–Trinajstić information content (AvgIpc) is 3.17. The molecule has 0 spiro atoms. The second-order valence-corrected chi connectivity index (χ2v) is 6.88. The molecule has 0 aliphatic carbocycles. The summed E-state index contributed by atoms with van der Waals surface area (Å²) in [7, 11) is 0. The summed E-state index contributed by atoms with van der Waals surface area (Å²) in [6.45, 7) is 7.57. The normalized spacial score (nSPS) is 11.4. The number of aromatic nitrogens is 4. The van der Waals surface area contributed by atoms with E-state index in [-0.39, 0.29) is 18.6 Å². The van der Waals surface area contributed by atoms with Crippen molar-refractivity contribution in [1.82, 2.24) is 19.4 Å². The lowest BCUT2D eigenvalue weighted by atomic mass is 10.1. The van der Waals surface area contributed by atoms with E-state index in [0.717, 1.165) is 16.8 Å². The van der Waals surface area contributed by atoms with Crippen LogP contribution in [0.5, 0.6) is 0 Å². The minimum absolute atomic E-state index is 0.102. The van der Waals surface area contributed by atoms with E-state index in [9.17, 15) is 9.59 Å². The lowest BCUT2D eigenvalue weighted by Crippen LogP contribution is -2.40. The Bertz CT molecular complexity index is 1270. The first-order valence-corrected chi connectivity index (χ1v) is 8.94. The molecule has 0 aliphatic rings. The highest BCUT2D eigenvalue weighted by Crippen LogP contribution is 2.17. The average molecular weight is 380 g/mol. The van der Waals surface area contributed by atoms with E-state index in [2.05, 4.69) is 10.3 Å². The predicted octanol–water partition coefficient (Wildman–Crippen LogP) is 2.47. The molecule has 0 radical (unpaired) electrons. The number of nitrogens with zero attached hydrogens (tertiary/aromatic N) is 4. The van der Waals surface area contributed by atoms with Crippen molar-refractivity contribution < 1.29 is 9.05 Å². The SMILES string of the molecule is Cc1noc(C)c1Cn1c(=O)c2ccccc2n(Cc2c(C)noc2C)c1=O. The fourth-order valence-electron chi connectivity index (χ4n) is 3.43. The molecule has 3 heterocycles. The number of hydrogen-bond acceptors (Lipinski definition) is 6. The summed E-state index contributed by atoms with van der Waals surface area (Å²) in [5, 5.41) is 8.36. The minimum Gasteiger partial charge on any atom is -0.361 e. The highest BCUT2D eigenvalue weighted by atomic mass is 16.5. The molecule has 0 saturated carbocycles. The Balaban J connectivity index is 1.97. The second kappa shape index (κ2) is 6.63. The first-order chi connectivity index (χ1) is 13.4. The molecule has 8 heteroatoms. The maximum absolute atomic E-state index is 13.3. The largest absolute Gasteiger partial charge is 0.361 e. The number of aryl methyl sites for hydroxylation is 4. The van der Waals surface area contributed by atoms with Gasteiger partial charge in [-0.1, -0.05) is 22.4 Å². The van der Waals surface area contributed by atoms with E-state index in [1.807, 2.05) is 19.9 Å². The van der Waals surface area contributed by atoms with Crippen molar-refractivity contribution >= 4 is 10.9 Å². The van der Waals surface area contributed by atoms with Crippen LogP contribution in [0.25, 0.3) is 10.9 Å². The summed E-state index contributed by atoms with van der Waals surface area (Å²) in [4.78, 5) is 26.4. The number of benzene rings is 1. The predicted molar refractivity (Wildman–Crippen MR) is 103 cm³/mol. The van der Waals surface area contributed by atoms with Gasteiger partial charge in [0.1, 0.15) is 11.5 Å². The molecule has 8 nitrogen and oxygen atoms in total. The topological polar surface area (TPSA) is 96.1 Å². The van der Waals surface area contributed by atoms with Crippen LogP contribution < -0.4 is 11.2 Å². The van der Waals surface area contributed by atoms with Crippen molar-refractivity contribution in [3.05, 3.63) is 79.1 Å². The lowest BCUT2D eigenvalue weighted by Gasteiger charge is -2.14. The Morgan fingerprint density at radius 3 is 1.89 bits per heavy atom. The summed E-state index contributed by atoms with van der Waals surface area (Å²) in [6.07, 6.45) is 0. The Labute approximate surface area is 160 Å². The summed E-state index contributed by atoms with van der Waals surface area (Å²) >= 11 is 0. The molecular weight excluding hydrogens is 360 g/mol. The van der Waals surface area contributed by atoms with Gasteiger partial charge in [-0.2, -0.15) is 0 Å². The Kier molecular flexibility index (Phi) is 4.26. The zero-order valence-electron chi connectivity index (χ0n) is 16.1. The van der Waals surface area contributed by atoms with Crippen molar-refractivity contribution in [2.24, 2.45) is 0 Å². The molecule has 0 amide bonds. The van der Waals surface area contributed by atoms with Crippen LogP contribution in [-0.4, -0.2) is 19.4 Å². The molecule has 4 rings (SSSR count). The summed E-state index contributed by atoms with van der Waals surface area (Å²) in [5.41, 5.74) is 2.78. The van der Waals surface area contributed by atoms with Crippen LogP contribution in [0.15, 0.2) is 42.9 Å². The first kappa shape index (κ1) is 18.0. The van der Waals surface area contributed by atoms with E-state index >= 15 is 0 Å². The monoisotopic (exact) mass is 380 g/mol. The number of para-hydroxylation sites is 1. The van der Waals surface area contributed by atoms with Crippen molar-refractivity contribution in [1.29, 1.82) is 0 Å². The van der Waals surface area contributed by atoms with Gasteiger partial charge in [0, 0.05) is 11.1 Å². The van der Waals surface area contributed by atoms with Gasteiger partial charge in [-0.05, 0) is 39.8 Å². The van der Waals surface area contributed by atoms with Crippen molar-refractivity contribution in [2.75, 3.05) is 0 Å². The quantitative estimate of drug-likeness (QED) is 0.540. The molecule has 4 aromatic rings. The fraction of sp³-hybridized carbons (Fsp3) is 0.300. The van der Waals surface area contributed by atoms with Gasteiger partial charge in [0.15, 0.2) is 0 Å². The molecule has 28 heavy (non-hydrogen) atoms. The van der Waals surface area contributed by atoms with Gasteiger partial charge in [-0.3, -0.25) is 13.9 Å². The van der Waals surface area contributed by atoms with Gasteiger partial charge >= 0.3 is 5.69 Å². The van der Waals surface area contributed by atoms with Crippen LogP contribution in [-0.2, 0) is 13.1 Å². The Morgan fingerprint density at radius 1 is 0.821 bits per heavy atom. The first-order valence-electron chi connectivity index (χ1n) is 8.94. The third-order valence-corrected chi connectivity index (χ3v) is 5.13. The Morgan fingerprint density at radius 2 is 1.36 bits per heavy atom. The smallest absolute Gasteiger partial charge is 0.332 e. The van der Waals surface area contributed by atoms with Crippen LogP contribution >= 0.6 is 0 Å². The third-order valence-electron chi connectivity index (χ3n) is 5.13. The van der Waals surface area contributed by atoms with E-state index in [4.69, 9.17) is 9.05 Å². The molecule has 0 unspecified atom stereocenters. The van der Waals surface area contributed by atoms with Gasteiger partial charge in [0.25, 0.3) is 5.56 Å². The van der Waals surface area contributed by atoms with E-state index in [1.54, 1.807) is 36.6 Å². The summed E-state index contributed by atoms with van der Waals surface area (Å²) in [5.74, 6) is 1.24. The third kappa shape index (κ3) is 2.77.